The number of methoxy groups -OCH3 is 1. The second-order valence-electron chi connectivity index (χ2n) is 5.08. The van der Waals surface area contributed by atoms with Crippen LogP contribution in [0.25, 0.3) is 0 Å². The summed E-state index contributed by atoms with van der Waals surface area (Å²) in [5.41, 5.74) is 2.05. The van der Waals surface area contributed by atoms with E-state index in [2.05, 4.69) is 9.97 Å². The third-order valence-electron chi connectivity index (χ3n) is 3.53. The summed E-state index contributed by atoms with van der Waals surface area (Å²) in [6, 6.07) is 14.5. The molecule has 120 valence electrons. The fourth-order valence-electron chi connectivity index (χ4n) is 2.33. The highest BCUT2D eigenvalue weighted by Gasteiger charge is 2.20. The summed E-state index contributed by atoms with van der Waals surface area (Å²) in [5.74, 6) is 0.261. The molecule has 0 fully saturated rings. The Balaban J connectivity index is 1.95. The first kappa shape index (κ1) is 15.7. The molecule has 1 atom stereocenters. The van der Waals surface area contributed by atoms with Gasteiger partial charge >= 0.3 is 5.97 Å². The van der Waals surface area contributed by atoms with Crippen LogP contribution in [0.3, 0.4) is 0 Å². The molecule has 0 saturated heterocycles. The molecule has 0 bridgehead atoms. The number of benzene rings is 1. The van der Waals surface area contributed by atoms with Gasteiger partial charge in [-0.05, 0) is 36.4 Å². The molecule has 2 heterocycles. The van der Waals surface area contributed by atoms with Gasteiger partial charge < -0.3 is 9.47 Å². The van der Waals surface area contributed by atoms with Gasteiger partial charge in [0.25, 0.3) is 0 Å². The maximum absolute atomic E-state index is 12.4. The molecule has 24 heavy (non-hydrogen) atoms. The molecular weight excluding hydrogens is 304 g/mol. The van der Waals surface area contributed by atoms with Crippen LogP contribution < -0.4 is 4.74 Å². The Morgan fingerprint density at radius 2 is 1.79 bits per heavy atom. The predicted octanol–water partition coefficient (Wildman–Crippen LogP) is 3.43. The second-order valence-corrected chi connectivity index (χ2v) is 5.08. The van der Waals surface area contributed by atoms with Crippen molar-refractivity contribution < 1.29 is 14.3 Å². The molecule has 5 heteroatoms. The highest BCUT2D eigenvalue weighted by Crippen LogP contribution is 2.29. The summed E-state index contributed by atoms with van der Waals surface area (Å²) in [4.78, 5) is 20.4. The van der Waals surface area contributed by atoms with Crippen molar-refractivity contribution in [3.05, 3.63) is 90.0 Å². The average molecular weight is 320 g/mol. The zero-order chi connectivity index (χ0) is 16.8. The number of carbonyl (C=O) groups is 1. The summed E-state index contributed by atoms with van der Waals surface area (Å²) in [6.07, 6.45) is 5.87. The molecule has 3 rings (SSSR count). The Kier molecular flexibility index (Phi) is 4.81. The van der Waals surface area contributed by atoms with Crippen molar-refractivity contribution in [3.8, 4) is 5.75 Å². The van der Waals surface area contributed by atoms with E-state index in [-0.39, 0.29) is 0 Å². The zero-order valence-electron chi connectivity index (χ0n) is 13.1. The normalized spacial score (nSPS) is 11.5. The number of hydrogen-bond acceptors (Lipinski definition) is 5. The maximum atomic E-state index is 12.4. The van der Waals surface area contributed by atoms with Gasteiger partial charge in [0.2, 0.25) is 0 Å². The van der Waals surface area contributed by atoms with Crippen molar-refractivity contribution in [1.29, 1.82) is 0 Å². The fraction of sp³-hybridized carbons (Fsp3) is 0.105. The van der Waals surface area contributed by atoms with Crippen LogP contribution in [0, 0.1) is 0 Å². The number of rotatable bonds is 5. The van der Waals surface area contributed by atoms with Crippen LogP contribution in [-0.2, 0) is 4.74 Å². The van der Waals surface area contributed by atoms with Gasteiger partial charge in [-0.2, -0.15) is 0 Å². The first-order valence-electron chi connectivity index (χ1n) is 7.43. The highest BCUT2D eigenvalue weighted by atomic mass is 16.5. The number of ether oxygens (including phenoxy) is 2. The lowest BCUT2D eigenvalue weighted by molar-refractivity contribution is 0.0377. The van der Waals surface area contributed by atoms with Crippen molar-refractivity contribution >= 4 is 5.97 Å². The lowest BCUT2D eigenvalue weighted by Gasteiger charge is -2.19. The summed E-state index contributed by atoms with van der Waals surface area (Å²) in [7, 11) is 1.60. The highest BCUT2D eigenvalue weighted by molar-refractivity contribution is 5.89. The van der Waals surface area contributed by atoms with E-state index in [1.165, 1.54) is 6.20 Å². The van der Waals surface area contributed by atoms with Gasteiger partial charge in [-0.25, -0.2) is 4.79 Å². The minimum Gasteiger partial charge on any atom is -0.497 e. The van der Waals surface area contributed by atoms with Crippen LogP contribution in [0.15, 0.2) is 73.3 Å². The standard InChI is InChI=1S/C19H16N2O3/c1-23-17-6-2-4-15(12-17)18(14-7-10-20-11-8-14)24-19(22)16-5-3-9-21-13-16/h2-13,18H,1H3/t18-/m1/s1. The smallest absolute Gasteiger partial charge is 0.340 e. The maximum Gasteiger partial charge on any atom is 0.340 e. The number of hydrogen-bond donors (Lipinski definition) is 0. The molecule has 0 N–H and O–H groups in total. The largest absolute Gasteiger partial charge is 0.497 e. The van der Waals surface area contributed by atoms with Crippen molar-refractivity contribution in [2.45, 2.75) is 6.10 Å². The molecule has 0 aliphatic rings. The Hall–Kier alpha value is -3.21. The lowest BCUT2D eigenvalue weighted by Crippen LogP contribution is -2.13. The van der Waals surface area contributed by atoms with Crippen LogP contribution in [-0.4, -0.2) is 23.0 Å². The third-order valence-corrected chi connectivity index (χ3v) is 3.53. The molecule has 0 spiro atoms. The van der Waals surface area contributed by atoms with Gasteiger partial charge in [-0.1, -0.05) is 12.1 Å². The summed E-state index contributed by atoms with van der Waals surface area (Å²) < 4.78 is 11.0. The number of pyridine rings is 2. The summed E-state index contributed by atoms with van der Waals surface area (Å²) in [6.45, 7) is 0. The molecule has 0 aliphatic heterocycles. The Labute approximate surface area is 139 Å². The monoisotopic (exact) mass is 320 g/mol. The molecule has 1 aromatic carbocycles. The molecular formula is C19H16N2O3. The number of nitrogens with zero attached hydrogens (tertiary/aromatic N) is 2. The SMILES string of the molecule is COc1cccc([C@H](OC(=O)c2cccnc2)c2ccncc2)c1. The number of esters is 1. The van der Waals surface area contributed by atoms with Gasteiger partial charge in [0, 0.05) is 35.9 Å². The van der Waals surface area contributed by atoms with E-state index < -0.39 is 12.1 Å². The van der Waals surface area contributed by atoms with Gasteiger partial charge in [0.15, 0.2) is 6.10 Å². The van der Waals surface area contributed by atoms with Crippen LogP contribution >= 0.6 is 0 Å². The third kappa shape index (κ3) is 3.57. The van der Waals surface area contributed by atoms with Crippen LogP contribution in [0.5, 0.6) is 5.75 Å². The Bertz CT molecular complexity index is 807. The molecule has 2 aromatic heterocycles. The molecule has 3 aromatic rings. The molecule has 0 aliphatic carbocycles. The predicted molar refractivity (Wildman–Crippen MR) is 88.7 cm³/mol. The minimum absolute atomic E-state index is 0.402. The van der Waals surface area contributed by atoms with E-state index in [0.717, 1.165) is 11.1 Å². The van der Waals surface area contributed by atoms with E-state index >= 15 is 0 Å². The zero-order valence-corrected chi connectivity index (χ0v) is 13.1. The molecule has 0 saturated carbocycles. The molecule has 5 nitrogen and oxygen atoms in total. The first-order chi connectivity index (χ1) is 11.8. The van der Waals surface area contributed by atoms with E-state index in [9.17, 15) is 4.79 Å². The summed E-state index contributed by atoms with van der Waals surface area (Å²) in [5, 5.41) is 0. The molecule has 0 radical (unpaired) electrons. The van der Waals surface area contributed by atoms with Gasteiger partial charge in [-0.3, -0.25) is 9.97 Å². The van der Waals surface area contributed by atoms with Crippen LogP contribution in [0.1, 0.15) is 27.6 Å². The first-order valence-corrected chi connectivity index (χ1v) is 7.43. The fourth-order valence-corrected chi connectivity index (χ4v) is 2.33. The minimum atomic E-state index is -0.559. The van der Waals surface area contributed by atoms with E-state index in [1.807, 2.05) is 36.4 Å². The van der Waals surface area contributed by atoms with E-state index in [0.29, 0.717) is 11.3 Å². The molecule has 0 unspecified atom stereocenters. The van der Waals surface area contributed by atoms with Gasteiger partial charge in [0.1, 0.15) is 5.75 Å². The van der Waals surface area contributed by atoms with E-state index in [1.54, 1.807) is 37.8 Å². The summed E-state index contributed by atoms with van der Waals surface area (Å²) >= 11 is 0. The van der Waals surface area contributed by atoms with Gasteiger partial charge in [0.05, 0.1) is 12.7 Å². The van der Waals surface area contributed by atoms with Crippen molar-refractivity contribution in [3.63, 3.8) is 0 Å². The Morgan fingerprint density at radius 1 is 0.958 bits per heavy atom. The van der Waals surface area contributed by atoms with E-state index in [4.69, 9.17) is 9.47 Å². The topological polar surface area (TPSA) is 61.3 Å². The molecule has 0 amide bonds. The Morgan fingerprint density at radius 3 is 2.50 bits per heavy atom. The second kappa shape index (κ2) is 7.37. The quantitative estimate of drug-likeness (QED) is 0.674. The van der Waals surface area contributed by atoms with Crippen molar-refractivity contribution in [2.24, 2.45) is 0 Å². The number of aromatic nitrogens is 2. The average Bonchev–Trinajstić information content (AvgIpc) is 2.67. The van der Waals surface area contributed by atoms with Crippen molar-refractivity contribution in [2.75, 3.05) is 7.11 Å². The van der Waals surface area contributed by atoms with Gasteiger partial charge in [-0.15, -0.1) is 0 Å². The lowest BCUT2D eigenvalue weighted by atomic mass is 10.0. The number of carbonyl (C=O) groups excluding carboxylic acids is 1. The van der Waals surface area contributed by atoms with Crippen molar-refractivity contribution in [1.82, 2.24) is 9.97 Å². The van der Waals surface area contributed by atoms with Crippen LogP contribution in [0.2, 0.25) is 0 Å². The van der Waals surface area contributed by atoms with Crippen LogP contribution in [0.4, 0.5) is 0 Å².